The Labute approximate surface area is 180 Å². The van der Waals surface area contributed by atoms with E-state index in [2.05, 4.69) is 10.2 Å². The number of likely N-dealkylation sites (tertiary alicyclic amines) is 1. The van der Waals surface area contributed by atoms with Crippen LogP contribution >= 0.6 is 0 Å². The van der Waals surface area contributed by atoms with E-state index in [1.165, 1.54) is 0 Å². The SMILES string of the molecule is CO[C@@]12C(COC(N)=O)C3=C(C(=O)C(C)=C(OC4CCN(C)CC4)C3=O)N1CC1NC12. The van der Waals surface area contributed by atoms with Crippen molar-refractivity contribution in [3.63, 3.8) is 0 Å². The number of rotatable bonds is 5. The van der Waals surface area contributed by atoms with Gasteiger partial charge in [-0.2, -0.15) is 0 Å². The van der Waals surface area contributed by atoms with E-state index >= 15 is 0 Å². The van der Waals surface area contributed by atoms with E-state index in [1.54, 1.807) is 14.0 Å². The van der Waals surface area contributed by atoms with Crippen molar-refractivity contribution in [2.75, 3.05) is 40.4 Å². The molecule has 5 aliphatic rings. The second-order valence-electron chi connectivity index (χ2n) is 9.00. The van der Waals surface area contributed by atoms with Gasteiger partial charge in [-0.15, -0.1) is 0 Å². The second-order valence-corrected chi connectivity index (χ2v) is 9.00. The molecule has 0 aromatic rings. The zero-order valence-corrected chi connectivity index (χ0v) is 18.0. The summed E-state index contributed by atoms with van der Waals surface area (Å²) < 4.78 is 17.2. The van der Waals surface area contributed by atoms with Crippen molar-refractivity contribution in [3.05, 3.63) is 22.6 Å². The van der Waals surface area contributed by atoms with Crippen LogP contribution in [-0.4, -0.2) is 91.8 Å². The number of amides is 1. The molecule has 0 aromatic carbocycles. The van der Waals surface area contributed by atoms with Crippen LogP contribution in [0.15, 0.2) is 22.6 Å². The van der Waals surface area contributed by atoms with Gasteiger partial charge in [0.2, 0.25) is 11.6 Å². The van der Waals surface area contributed by atoms with Gasteiger partial charge in [-0.05, 0) is 26.8 Å². The predicted molar refractivity (Wildman–Crippen MR) is 108 cm³/mol. The van der Waals surface area contributed by atoms with Gasteiger partial charge in [0.1, 0.15) is 12.7 Å². The van der Waals surface area contributed by atoms with Gasteiger partial charge in [0.25, 0.3) is 0 Å². The number of ketones is 2. The van der Waals surface area contributed by atoms with Gasteiger partial charge in [-0.1, -0.05) is 0 Å². The number of carbonyl (C=O) groups is 3. The Balaban J connectivity index is 1.50. The molecule has 4 atom stereocenters. The van der Waals surface area contributed by atoms with Gasteiger partial charge in [0, 0.05) is 43.9 Å². The van der Waals surface area contributed by atoms with E-state index in [9.17, 15) is 14.4 Å². The van der Waals surface area contributed by atoms with Crippen LogP contribution in [0.5, 0.6) is 0 Å². The first-order chi connectivity index (χ1) is 14.8. The average Bonchev–Trinajstić information content (AvgIpc) is 3.35. The maximum Gasteiger partial charge on any atom is 0.404 e. The number of fused-ring (bicyclic) bond motifs is 4. The Bertz CT molecular complexity index is 921. The van der Waals surface area contributed by atoms with Crippen molar-refractivity contribution in [2.45, 2.75) is 43.7 Å². The molecule has 3 fully saturated rings. The first-order valence-electron chi connectivity index (χ1n) is 10.7. The number of carbonyl (C=O) groups excluding carboxylic acids is 3. The molecule has 4 aliphatic heterocycles. The number of nitrogens with zero attached hydrogens (tertiary/aromatic N) is 2. The van der Waals surface area contributed by atoms with Crippen LogP contribution in [0.4, 0.5) is 4.79 Å². The van der Waals surface area contributed by atoms with Crippen LogP contribution in [0, 0.1) is 5.92 Å². The lowest BCUT2D eigenvalue weighted by Gasteiger charge is -2.39. The normalized spacial score (nSPS) is 35.3. The summed E-state index contributed by atoms with van der Waals surface area (Å²) in [5, 5.41) is 3.34. The summed E-state index contributed by atoms with van der Waals surface area (Å²) in [5.74, 6) is -1.10. The number of allylic oxidation sites excluding steroid dienone is 2. The molecule has 31 heavy (non-hydrogen) atoms. The molecule has 0 saturated carbocycles. The number of hydrogen-bond donors (Lipinski definition) is 2. The molecule has 4 heterocycles. The van der Waals surface area contributed by atoms with E-state index in [-0.39, 0.29) is 42.1 Å². The van der Waals surface area contributed by atoms with E-state index in [1.807, 2.05) is 11.9 Å². The summed E-state index contributed by atoms with van der Waals surface area (Å²) in [6.45, 7) is 3.78. The lowest BCUT2D eigenvalue weighted by molar-refractivity contribution is -0.137. The molecule has 3 N–H and O–H groups in total. The van der Waals surface area contributed by atoms with Crippen LogP contribution < -0.4 is 11.1 Å². The van der Waals surface area contributed by atoms with E-state index in [0.29, 0.717) is 23.4 Å². The maximum absolute atomic E-state index is 13.7. The Kier molecular flexibility index (Phi) is 4.65. The minimum absolute atomic E-state index is 0.0660. The molecule has 0 radical (unpaired) electrons. The van der Waals surface area contributed by atoms with Gasteiger partial charge in [-0.3, -0.25) is 9.59 Å². The van der Waals surface area contributed by atoms with Gasteiger partial charge >= 0.3 is 6.09 Å². The highest BCUT2D eigenvalue weighted by Gasteiger charge is 2.72. The number of hydrogen-bond acceptors (Lipinski definition) is 9. The van der Waals surface area contributed by atoms with Crippen molar-refractivity contribution < 1.29 is 28.6 Å². The number of Topliss-reactive ketones (excluding diaryl/α,β-unsaturated/α-hetero) is 2. The number of nitrogens with two attached hydrogens (primary N) is 1. The lowest BCUT2D eigenvalue weighted by atomic mass is 9.83. The molecule has 168 valence electrons. The lowest BCUT2D eigenvalue weighted by Crippen LogP contribution is -2.55. The Hall–Kier alpha value is -2.43. The quantitative estimate of drug-likeness (QED) is 0.436. The van der Waals surface area contributed by atoms with E-state index in [4.69, 9.17) is 19.9 Å². The zero-order valence-electron chi connectivity index (χ0n) is 18.0. The summed E-state index contributed by atoms with van der Waals surface area (Å²) in [5.41, 5.74) is 5.20. The Morgan fingerprint density at radius 1 is 1.26 bits per heavy atom. The number of methoxy groups -OCH3 is 1. The molecular formula is C21H28N4O6. The standard InChI is InChI=1S/C21H28N4O6/c1-10-16(26)15-14(17(27)18(10)31-11-4-6-24(2)7-5-11)12(9-30-20(22)28)21(29-3)19-13(23-19)8-25(15)21/h11-13,19,23H,4-9H2,1-3H3,(H2,22,28)/t12?,13?,19?,21-/m1/s1. The maximum atomic E-state index is 13.7. The summed E-state index contributed by atoms with van der Waals surface area (Å²) in [6, 6.07) is 0.0953. The predicted octanol–water partition coefficient (Wildman–Crippen LogP) is -0.499. The molecular weight excluding hydrogens is 404 g/mol. The fraction of sp³-hybridized carbons (Fsp3) is 0.667. The van der Waals surface area contributed by atoms with Gasteiger partial charge < -0.3 is 35.1 Å². The van der Waals surface area contributed by atoms with Crippen LogP contribution in [0.3, 0.4) is 0 Å². The van der Waals surface area contributed by atoms with Crippen LogP contribution in [0.1, 0.15) is 19.8 Å². The third kappa shape index (κ3) is 2.85. The van der Waals surface area contributed by atoms with E-state index in [0.717, 1.165) is 25.9 Å². The number of ether oxygens (including phenoxy) is 3. The number of primary amides is 1. The van der Waals surface area contributed by atoms with Crippen molar-refractivity contribution >= 4 is 17.7 Å². The molecule has 1 amide bonds. The molecule has 0 aromatic heterocycles. The highest BCUT2D eigenvalue weighted by atomic mass is 16.6. The van der Waals surface area contributed by atoms with Crippen LogP contribution in [0.2, 0.25) is 0 Å². The molecule has 3 saturated heterocycles. The summed E-state index contributed by atoms with van der Waals surface area (Å²) >= 11 is 0. The number of piperazine rings is 1. The molecule has 5 rings (SSSR count). The van der Waals surface area contributed by atoms with Gasteiger partial charge in [-0.25, -0.2) is 4.79 Å². The molecule has 10 nitrogen and oxygen atoms in total. The largest absolute Gasteiger partial charge is 0.486 e. The number of nitrogens with one attached hydrogen (secondary N) is 1. The summed E-state index contributed by atoms with van der Waals surface area (Å²) in [6.07, 6.45) is 0.523. The molecule has 0 spiro atoms. The molecule has 1 aliphatic carbocycles. The van der Waals surface area contributed by atoms with Crippen molar-refractivity contribution in [1.29, 1.82) is 0 Å². The minimum atomic E-state index is -0.973. The fourth-order valence-electron chi connectivity index (χ4n) is 5.68. The van der Waals surface area contributed by atoms with Crippen molar-refractivity contribution in [1.82, 2.24) is 15.1 Å². The summed E-state index contributed by atoms with van der Waals surface area (Å²) in [7, 11) is 3.60. The summed E-state index contributed by atoms with van der Waals surface area (Å²) in [4.78, 5) is 42.6. The smallest absolute Gasteiger partial charge is 0.404 e. The third-order valence-corrected chi connectivity index (χ3v) is 7.32. The van der Waals surface area contributed by atoms with Crippen LogP contribution in [-0.2, 0) is 23.8 Å². The third-order valence-electron chi connectivity index (χ3n) is 7.32. The van der Waals surface area contributed by atoms with Gasteiger partial charge in [0.05, 0.1) is 17.7 Å². The fourth-order valence-corrected chi connectivity index (χ4v) is 5.68. The average molecular weight is 432 g/mol. The Morgan fingerprint density at radius 3 is 2.61 bits per heavy atom. The van der Waals surface area contributed by atoms with Crippen molar-refractivity contribution in [3.8, 4) is 0 Å². The first-order valence-corrected chi connectivity index (χ1v) is 10.7. The van der Waals surface area contributed by atoms with Crippen LogP contribution in [0.25, 0.3) is 0 Å². The topological polar surface area (TPSA) is 133 Å². The van der Waals surface area contributed by atoms with E-state index < -0.39 is 17.7 Å². The molecule has 10 heteroatoms. The molecule has 3 unspecified atom stereocenters. The highest BCUT2D eigenvalue weighted by molar-refractivity contribution is 6.25. The minimum Gasteiger partial charge on any atom is -0.486 e. The highest BCUT2D eigenvalue weighted by Crippen LogP contribution is 2.56. The monoisotopic (exact) mass is 432 g/mol. The first kappa shape index (κ1) is 20.5. The van der Waals surface area contributed by atoms with Gasteiger partial charge in [0.15, 0.2) is 11.5 Å². The van der Waals surface area contributed by atoms with Crippen molar-refractivity contribution in [2.24, 2.45) is 11.7 Å². The zero-order chi connectivity index (χ0) is 22.1. The Morgan fingerprint density at radius 2 is 1.97 bits per heavy atom. The second kappa shape index (κ2) is 7.04. The number of piperidine rings is 1. The molecule has 0 bridgehead atoms.